The summed E-state index contributed by atoms with van der Waals surface area (Å²) in [5.74, 6) is 7.67. The Morgan fingerprint density at radius 2 is 1.75 bits per heavy atom. The molecular formula is C14H26N6. The summed E-state index contributed by atoms with van der Waals surface area (Å²) in [4.78, 5) is 13.6. The second-order valence-electron chi connectivity index (χ2n) is 5.88. The van der Waals surface area contributed by atoms with Gasteiger partial charge in [0.15, 0.2) is 0 Å². The Bertz CT molecular complexity index is 437. The first-order chi connectivity index (χ1) is 9.54. The fourth-order valence-electron chi connectivity index (χ4n) is 2.74. The van der Waals surface area contributed by atoms with E-state index in [1.807, 2.05) is 0 Å². The number of nitrogens with zero attached hydrogens (tertiary/aromatic N) is 4. The van der Waals surface area contributed by atoms with Crippen molar-refractivity contribution in [3.63, 3.8) is 0 Å². The van der Waals surface area contributed by atoms with Crippen LogP contribution in [0, 0.1) is 0 Å². The van der Waals surface area contributed by atoms with Gasteiger partial charge in [0.1, 0.15) is 18.0 Å². The SMILES string of the molecule is CC(C)c1c(NN)ncnc1N1CCN(C(C)C)CC1. The number of hydrogen-bond acceptors (Lipinski definition) is 6. The average Bonchev–Trinajstić information content (AvgIpc) is 2.46. The fourth-order valence-corrected chi connectivity index (χ4v) is 2.74. The molecule has 1 aliphatic rings. The van der Waals surface area contributed by atoms with Crippen LogP contribution < -0.4 is 16.2 Å². The molecule has 6 nitrogen and oxygen atoms in total. The first kappa shape index (κ1) is 15.0. The number of rotatable bonds is 4. The summed E-state index contributed by atoms with van der Waals surface area (Å²) in [6, 6.07) is 0.605. The minimum Gasteiger partial charge on any atom is -0.354 e. The molecule has 112 valence electrons. The van der Waals surface area contributed by atoms with Gasteiger partial charge in [-0.15, -0.1) is 0 Å². The van der Waals surface area contributed by atoms with Crippen LogP contribution in [0.15, 0.2) is 6.33 Å². The van der Waals surface area contributed by atoms with Crippen LogP contribution >= 0.6 is 0 Å². The molecule has 1 aromatic rings. The van der Waals surface area contributed by atoms with Crippen LogP contribution in [0.5, 0.6) is 0 Å². The molecule has 3 N–H and O–H groups in total. The van der Waals surface area contributed by atoms with E-state index in [9.17, 15) is 0 Å². The molecule has 0 unspecified atom stereocenters. The van der Waals surface area contributed by atoms with Crippen LogP contribution in [0.2, 0.25) is 0 Å². The van der Waals surface area contributed by atoms with E-state index in [1.54, 1.807) is 6.33 Å². The molecule has 0 radical (unpaired) electrons. The Hall–Kier alpha value is -1.40. The van der Waals surface area contributed by atoms with Crippen LogP contribution in [0.4, 0.5) is 11.6 Å². The highest BCUT2D eigenvalue weighted by atomic mass is 15.3. The van der Waals surface area contributed by atoms with Gasteiger partial charge in [0.05, 0.1) is 0 Å². The third-order valence-electron chi connectivity index (χ3n) is 3.92. The fraction of sp³-hybridized carbons (Fsp3) is 0.714. The van der Waals surface area contributed by atoms with Crippen molar-refractivity contribution in [3.8, 4) is 0 Å². The number of nitrogens with two attached hydrogens (primary N) is 1. The van der Waals surface area contributed by atoms with Crippen molar-refractivity contribution in [1.29, 1.82) is 0 Å². The summed E-state index contributed by atoms with van der Waals surface area (Å²) in [5, 5.41) is 0. The Labute approximate surface area is 121 Å². The van der Waals surface area contributed by atoms with Crippen LogP contribution in [0.25, 0.3) is 0 Å². The third kappa shape index (κ3) is 3.02. The molecule has 1 saturated heterocycles. The van der Waals surface area contributed by atoms with Gasteiger partial charge in [0, 0.05) is 37.8 Å². The van der Waals surface area contributed by atoms with Crippen molar-refractivity contribution in [1.82, 2.24) is 14.9 Å². The van der Waals surface area contributed by atoms with Crippen LogP contribution in [-0.4, -0.2) is 47.1 Å². The second-order valence-corrected chi connectivity index (χ2v) is 5.88. The highest BCUT2D eigenvalue weighted by molar-refractivity contribution is 5.60. The summed E-state index contributed by atoms with van der Waals surface area (Å²) in [6.45, 7) is 12.9. The first-order valence-electron chi connectivity index (χ1n) is 7.35. The standard InChI is InChI=1S/C14H26N6/c1-10(2)12-13(18-15)16-9-17-14(12)20-7-5-19(6-8-20)11(3)4/h9-11H,5-8,15H2,1-4H3,(H,16,17,18). The predicted molar refractivity (Wildman–Crippen MR) is 82.9 cm³/mol. The Morgan fingerprint density at radius 1 is 1.10 bits per heavy atom. The van der Waals surface area contributed by atoms with E-state index in [1.165, 1.54) is 0 Å². The molecule has 2 heterocycles. The number of nitrogen functional groups attached to an aromatic ring is 1. The van der Waals surface area contributed by atoms with Crippen molar-refractivity contribution in [2.75, 3.05) is 36.5 Å². The van der Waals surface area contributed by atoms with E-state index < -0.39 is 0 Å². The number of anilines is 2. The van der Waals surface area contributed by atoms with E-state index in [0.29, 0.717) is 12.0 Å². The van der Waals surface area contributed by atoms with E-state index in [4.69, 9.17) is 5.84 Å². The van der Waals surface area contributed by atoms with Crippen molar-refractivity contribution >= 4 is 11.6 Å². The monoisotopic (exact) mass is 278 g/mol. The summed E-state index contributed by atoms with van der Waals surface area (Å²) in [7, 11) is 0. The largest absolute Gasteiger partial charge is 0.354 e. The molecule has 20 heavy (non-hydrogen) atoms. The number of nitrogens with one attached hydrogen (secondary N) is 1. The molecule has 0 saturated carbocycles. The third-order valence-corrected chi connectivity index (χ3v) is 3.92. The highest BCUT2D eigenvalue weighted by Gasteiger charge is 2.24. The highest BCUT2D eigenvalue weighted by Crippen LogP contribution is 2.30. The zero-order valence-electron chi connectivity index (χ0n) is 12.9. The predicted octanol–water partition coefficient (Wildman–Crippen LogP) is 1.42. The Kier molecular flexibility index (Phi) is 4.77. The summed E-state index contributed by atoms with van der Waals surface area (Å²) < 4.78 is 0. The normalized spacial score (nSPS) is 17.1. The minimum atomic E-state index is 0.334. The smallest absolute Gasteiger partial charge is 0.148 e. The molecule has 0 amide bonds. The van der Waals surface area contributed by atoms with Gasteiger partial charge in [-0.25, -0.2) is 15.8 Å². The maximum Gasteiger partial charge on any atom is 0.148 e. The Balaban J connectivity index is 2.21. The summed E-state index contributed by atoms with van der Waals surface area (Å²) in [6.07, 6.45) is 1.59. The summed E-state index contributed by atoms with van der Waals surface area (Å²) in [5.41, 5.74) is 3.80. The van der Waals surface area contributed by atoms with Gasteiger partial charge >= 0.3 is 0 Å². The van der Waals surface area contributed by atoms with Crippen molar-refractivity contribution in [3.05, 3.63) is 11.9 Å². The number of aromatic nitrogens is 2. The second kappa shape index (κ2) is 6.37. The molecule has 0 aromatic carbocycles. The Morgan fingerprint density at radius 3 is 2.25 bits per heavy atom. The molecule has 1 aromatic heterocycles. The zero-order valence-corrected chi connectivity index (χ0v) is 12.9. The van der Waals surface area contributed by atoms with E-state index in [2.05, 4.69) is 52.9 Å². The molecule has 2 rings (SSSR count). The van der Waals surface area contributed by atoms with Gasteiger partial charge in [0.25, 0.3) is 0 Å². The summed E-state index contributed by atoms with van der Waals surface area (Å²) >= 11 is 0. The van der Waals surface area contributed by atoms with E-state index in [-0.39, 0.29) is 0 Å². The molecule has 6 heteroatoms. The van der Waals surface area contributed by atoms with Gasteiger partial charge in [-0.3, -0.25) is 4.90 Å². The van der Waals surface area contributed by atoms with Crippen molar-refractivity contribution in [2.45, 2.75) is 39.7 Å². The first-order valence-corrected chi connectivity index (χ1v) is 7.35. The lowest BCUT2D eigenvalue weighted by Gasteiger charge is -2.38. The lowest BCUT2D eigenvalue weighted by molar-refractivity contribution is 0.209. The number of hydrogen-bond donors (Lipinski definition) is 2. The zero-order chi connectivity index (χ0) is 14.7. The molecule has 0 bridgehead atoms. The molecule has 0 spiro atoms. The molecule has 0 aliphatic carbocycles. The quantitative estimate of drug-likeness (QED) is 0.641. The molecular weight excluding hydrogens is 252 g/mol. The van der Waals surface area contributed by atoms with Crippen LogP contribution in [0.1, 0.15) is 39.2 Å². The minimum absolute atomic E-state index is 0.334. The number of piperazine rings is 1. The lowest BCUT2D eigenvalue weighted by atomic mass is 10.0. The maximum atomic E-state index is 5.58. The molecule has 1 fully saturated rings. The van der Waals surface area contributed by atoms with Gasteiger partial charge in [-0.05, 0) is 19.8 Å². The van der Waals surface area contributed by atoms with Crippen LogP contribution in [-0.2, 0) is 0 Å². The van der Waals surface area contributed by atoms with Gasteiger partial charge in [-0.1, -0.05) is 13.8 Å². The van der Waals surface area contributed by atoms with Gasteiger partial charge in [0.2, 0.25) is 0 Å². The number of hydrazine groups is 1. The van der Waals surface area contributed by atoms with Crippen molar-refractivity contribution in [2.24, 2.45) is 5.84 Å². The maximum absolute atomic E-state index is 5.58. The van der Waals surface area contributed by atoms with Crippen LogP contribution in [0.3, 0.4) is 0 Å². The van der Waals surface area contributed by atoms with Crippen molar-refractivity contribution < 1.29 is 0 Å². The van der Waals surface area contributed by atoms with E-state index in [0.717, 1.165) is 43.4 Å². The molecule has 1 aliphatic heterocycles. The van der Waals surface area contributed by atoms with Gasteiger partial charge < -0.3 is 10.3 Å². The van der Waals surface area contributed by atoms with E-state index >= 15 is 0 Å². The van der Waals surface area contributed by atoms with Gasteiger partial charge in [-0.2, -0.15) is 0 Å². The topological polar surface area (TPSA) is 70.3 Å². The lowest BCUT2D eigenvalue weighted by Crippen LogP contribution is -2.49. The average molecular weight is 278 g/mol. The molecule has 0 atom stereocenters.